The lowest BCUT2D eigenvalue weighted by atomic mass is 10.1. The van der Waals surface area contributed by atoms with Gasteiger partial charge in [-0.1, -0.05) is 15.9 Å². The summed E-state index contributed by atoms with van der Waals surface area (Å²) in [5, 5.41) is 8.88. The predicted molar refractivity (Wildman–Crippen MR) is 85.0 cm³/mol. The van der Waals surface area contributed by atoms with Gasteiger partial charge < -0.3 is 10.0 Å². The molecule has 0 bridgehead atoms. The van der Waals surface area contributed by atoms with Gasteiger partial charge in [-0.05, 0) is 55.0 Å². The van der Waals surface area contributed by atoms with E-state index in [1.54, 1.807) is 25.2 Å². The molecule has 0 heterocycles. The average molecular weight is 348 g/mol. The molecule has 2 aromatic carbocycles. The van der Waals surface area contributed by atoms with Crippen molar-refractivity contribution in [2.24, 2.45) is 0 Å². The molecule has 0 aromatic heterocycles. The van der Waals surface area contributed by atoms with Crippen LogP contribution in [0.3, 0.4) is 0 Å². The number of carbonyl (C=O) groups excluding carboxylic acids is 1. The van der Waals surface area contributed by atoms with Gasteiger partial charge in [-0.3, -0.25) is 4.79 Å². The molecule has 0 unspecified atom stereocenters. The molecule has 0 fully saturated rings. The molecule has 0 radical (unpaired) electrons. The van der Waals surface area contributed by atoms with Crippen LogP contribution in [0.15, 0.2) is 46.9 Å². The first kappa shape index (κ1) is 15.3. The Bertz CT molecular complexity index is 695. The number of aryl methyl sites for hydroxylation is 1. The standard InChI is InChI=1S/C16H14BrNO3/c1-10-9-12(17)5-8-14(10)15(19)18(2)13-6-3-11(4-7-13)16(20)21/h3-9H,1-2H3,(H,20,21). The van der Waals surface area contributed by atoms with E-state index in [0.717, 1.165) is 10.0 Å². The van der Waals surface area contributed by atoms with E-state index in [2.05, 4.69) is 15.9 Å². The van der Waals surface area contributed by atoms with Gasteiger partial charge in [-0.2, -0.15) is 0 Å². The van der Waals surface area contributed by atoms with E-state index in [-0.39, 0.29) is 11.5 Å². The molecule has 0 saturated heterocycles. The third kappa shape index (κ3) is 3.31. The van der Waals surface area contributed by atoms with Crippen molar-refractivity contribution in [1.29, 1.82) is 0 Å². The minimum Gasteiger partial charge on any atom is -0.478 e. The molecule has 1 N–H and O–H groups in total. The van der Waals surface area contributed by atoms with E-state index in [9.17, 15) is 9.59 Å². The zero-order chi connectivity index (χ0) is 15.6. The zero-order valence-corrected chi connectivity index (χ0v) is 13.2. The maximum Gasteiger partial charge on any atom is 0.335 e. The van der Waals surface area contributed by atoms with Gasteiger partial charge in [0.05, 0.1) is 5.56 Å². The van der Waals surface area contributed by atoms with Crippen molar-refractivity contribution in [3.8, 4) is 0 Å². The SMILES string of the molecule is Cc1cc(Br)ccc1C(=O)N(C)c1ccc(C(=O)O)cc1. The number of hydrogen-bond acceptors (Lipinski definition) is 2. The summed E-state index contributed by atoms with van der Waals surface area (Å²) in [5.41, 5.74) is 2.33. The molecule has 2 rings (SSSR count). The van der Waals surface area contributed by atoms with E-state index < -0.39 is 5.97 Å². The van der Waals surface area contributed by atoms with Gasteiger partial charge in [0, 0.05) is 22.8 Å². The Labute approximate surface area is 131 Å². The molecule has 0 atom stereocenters. The highest BCUT2D eigenvalue weighted by atomic mass is 79.9. The summed E-state index contributed by atoms with van der Waals surface area (Å²) in [7, 11) is 1.67. The number of carbonyl (C=O) groups is 2. The largest absolute Gasteiger partial charge is 0.478 e. The number of amides is 1. The smallest absolute Gasteiger partial charge is 0.335 e. The number of aromatic carboxylic acids is 1. The fourth-order valence-corrected chi connectivity index (χ4v) is 2.47. The number of halogens is 1. The molecule has 0 spiro atoms. The molecule has 21 heavy (non-hydrogen) atoms. The molecule has 5 heteroatoms. The highest BCUT2D eigenvalue weighted by Crippen LogP contribution is 2.20. The number of rotatable bonds is 3. The van der Waals surface area contributed by atoms with Crippen molar-refractivity contribution in [2.45, 2.75) is 6.92 Å². The van der Waals surface area contributed by atoms with Crippen molar-refractivity contribution in [1.82, 2.24) is 0 Å². The topological polar surface area (TPSA) is 57.6 Å². The van der Waals surface area contributed by atoms with E-state index in [0.29, 0.717) is 11.3 Å². The van der Waals surface area contributed by atoms with Crippen LogP contribution in [0.5, 0.6) is 0 Å². The van der Waals surface area contributed by atoms with Crippen LogP contribution in [0, 0.1) is 6.92 Å². The lowest BCUT2D eigenvalue weighted by molar-refractivity contribution is 0.0696. The van der Waals surface area contributed by atoms with Crippen LogP contribution >= 0.6 is 15.9 Å². The minimum absolute atomic E-state index is 0.136. The van der Waals surface area contributed by atoms with Crippen LogP contribution in [0.2, 0.25) is 0 Å². The Morgan fingerprint density at radius 1 is 1.10 bits per heavy atom. The third-order valence-corrected chi connectivity index (χ3v) is 3.72. The summed E-state index contributed by atoms with van der Waals surface area (Å²) in [5.74, 6) is -1.12. The summed E-state index contributed by atoms with van der Waals surface area (Å²) >= 11 is 3.37. The number of carboxylic acid groups (broad SMARTS) is 1. The van der Waals surface area contributed by atoms with Crippen LogP contribution in [-0.4, -0.2) is 24.0 Å². The number of benzene rings is 2. The monoisotopic (exact) mass is 347 g/mol. The van der Waals surface area contributed by atoms with Crippen molar-refractivity contribution in [3.05, 3.63) is 63.6 Å². The highest BCUT2D eigenvalue weighted by Gasteiger charge is 2.16. The first-order chi connectivity index (χ1) is 9.90. The van der Waals surface area contributed by atoms with E-state index in [4.69, 9.17) is 5.11 Å². The molecule has 108 valence electrons. The summed E-state index contributed by atoms with van der Waals surface area (Å²) in [6.45, 7) is 1.87. The number of hydrogen-bond donors (Lipinski definition) is 1. The van der Waals surface area contributed by atoms with Crippen molar-refractivity contribution in [2.75, 3.05) is 11.9 Å². The Morgan fingerprint density at radius 2 is 1.71 bits per heavy atom. The maximum atomic E-state index is 12.5. The van der Waals surface area contributed by atoms with Gasteiger partial charge in [-0.15, -0.1) is 0 Å². The van der Waals surface area contributed by atoms with Crippen LogP contribution < -0.4 is 4.90 Å². The van der Waals surface area contributed by atoms with Crippen LogP contribution in [0.1, 0.15) is 26.3 Å². The highest BCUT2D eigenvalue weighted by molar-refractivity contribution is 9.10. The van der Waals surface area contributed by atoms with E-state index in [1.165, 1.54) is 17.0 Å². The van der Waals surface area contributed by atoms with E-state index >= 15 is 0 Å². The Morgan fingerprint density at radius 3 is 2.24 bits per heavy atom. The Kier molecular flexibility index (Phi) is 4.43. The zero-order valence-electron chi connectivity index (χ0n) is 11.6. The quantitative estimate of drug-likeness (QED) is 0.920. The summed E-state index contributed by atoms with van der Waals surface area (Å²) in [6.07, 6.45) is 0. The summed E-state index contributed by atoms with van der Waals surface area (Å²) in [6, 6.07) is 11.7. The normalized spacial score (nSPS) is 10.2. The van der Waals surface area contributed by atoms with Gasteiger partial charge in [0.2, 0.25) is 0 Å². The second-order valence-corrected chi connectivity index (χ2v) is 5.59. The lowest BCUT2D eigenvalue weighted by Gasteiger charge is -2.18. The first-order valence-corrected chi connectivity index (χ1v) is 7.07. The second kappa shape index (κ2) is 6.10. The van der Waals surface area contributed by atoms with Crippen molar-refractivity contribution >= 4 is 33.5 Å². The van der Waals surface area contributed by atoms with Crippen molar-refractivity contribution in [3.63, 3.8) is 0 Å². The number of carboxylic acids is 1. The summed E-state index contributed by atoms with van der Waals surface area (Å²) in [4.78, 5) is 24.8. The van der Waals surface area contributed by atoms with Gasteiger partial charge >= 0.3 is 5.97 Å². The number of anilines is 1. The van der Waals surface area contributed by atoms with Gasteiger partial charge in [0.1, 0.15) is 0 Å². The van der Waals surface area contributed by atoms with Gasteiger partial charge in [0.25, 0.3) is 5.91 Å². The summed E-state index contributed by atoms with van der Waals surface area (Å²) < 4.78 is 0.921. The molecule has 0 aliphatic carbocycles. The molecular weight excluding hydrogens is 334 g/mol. The first-order valence-electron chi connectivity index (χ1n) is 6.27. The molecular formula is C16H14BrNO3. The second-order valence-electron chi connectivity index (χ2n) is 4.68. The number of nitrogens with zero attached hydrogens (tertiary/aromatic N) is 1. The predicted octanol–water partition coefficient (Wildman–Crippen LogP) is 3.73. The Hall–Kier alpha value is -2.14. The molecule has 2 aromatic rings. The third-order valence-electron chi connectivity index (χ3n) is 3.23. The molecule has 0 aliphatic rings. The fourth-order valence-electron chi connectivity index (χ4n) is 1.99. The van der Waals surface area contributed by atoms with Crippen molar-refractivity contribution < 1.29 is 14.7 Å². The molecule has 4 nitrogen and oxygen atoms in total. The van der Waals surface area contributed by atoms with E-state index in [1.807, 2.05) is 19.1 Å². The van der Waals surface area contributed by atoms with Crippen LogP contribution in [-0.2, 0) is 0 Å². The molecule has 1 amide bonds. The van der Waals surface area contributed by atoms with Crippen LogP contribution in [0.25, 0.3) is 0 Å². The fraction of sp³-hybridized carbons (Fsp3) is 0.125. The van der Waals surface area contributed by atoms with Crippen LogP contribution in [0.4, 0.5) is 5.69 Å². The molecule has 0 aliphatic heterocycles. The Balaban J connectivity index is 2.28. The lowest BCUT2D eigenvalue weighted by Crippen LogP contribution is -2.26. The van der Waals surface area contributed by atoms with Gasteiger partial charge in [-0.25, -0.2) is 4.79 Å². The average Bonchev–Trinajstić information content (AvgIpc) is 2.46. The van der Waals surface area contributed by atoms with Gasteiger partial charge in [0.15, 0.2) is 0 Å². The molecule has 0 saturated carbocycles. The maximum absolute atomic E-state index is 12.5. The minimum atomic E-state index is -0.987.